The minimum Gasteiger partial charge on any atom is -0.461 e. The van der Waals surface area contributed by atoms with Gasteiger partial charge in [0, 0.05) is 19.0 Å². The van der Waals surface area contributed by atoms with Crippen LogP contribution in [-0.4, -0.2) is 39.2 Å². The highest BCUT2D eigenvalue weighted by atomic mass is 16.4. The fourth-order valence-corrected chi connectivity index (χ4v) is 3.38. The standard InChI is InChI=1S/C19H18N6O3/c26-17(22-18-21-16(23-24-18)15-6-3-11-27-15)12-7-9-25(10-8-12)19-20-13-4-1-2-5-14(13)28-19/h1-6,11-12H,7-10H2,(H2,21,22,23,24,26). The average molecular weight is 378 g/mol. The predicted molar refractivity (Wildman–Crippen MR) is 102 cm³/mol. The van der Waals surface area contributed by atoms with Crippen molar-refractivity contribution in [2.24, 2.45) is 5.92 Å². The average Bonchev–Trinajstić information content (AvgIpc) is 3.47. The first kappa shape index (κ1) is 16.5. The first-order valence-corrected chi connectivity index (χ1v) is 9.14. The van der Waals surface area contributed by atoms with Crippen LogP contribution in [-0.2, 0) is 4.79 Å². The van der Waals surface area contributed by atoms with Crippen molar-refractivity contribution in [3.8, 4) is 11.6 Å². The van der Waals surface area contributed by atoms with Crippen molar-refractivity contribution >= 4 is 29.0 Å². The van der Waals surface area contributed by atoms with Crippen molar-refractivity contribution in [1.82, 2.24) is 20.2 Å². The number of aromatic amines is 1. The second kappa shape index (κ2) is 6.84. The Labute approximate surface area is 159 Å². The molecule has 0 unspecified atom stereocenters. The molecule has 142 valence electrons. The summed E-state index contributed by atoms with van der Waals surface area (Å²) in [6.07, 6.45) is 2.97. The molecule has 1 fully saturated rings. The molecule has 0 atom stereocenters. The summed E-state index contributed by atoms with van der Waals surface area (Å²) < 4.78 is 11.1. The molecule has 0 aliphatic carbocycles. The van der Waals surface area contributed by atoms with E-state index < -0.39 is 0 Å². The van der Waals surface area contributed by atoms with Crippen LogP contribution in [0.2, 0.25) is 0 Å². The number of hydrogen-bond acceptors (Lipinski definition) is 7. The van der Waals surface area contributed by atoms with Gasteiger partial charge in [0.2, 0.25) is 11.9 Å². The zero-order valence-electron chi connectivity index (χ0n) is 15.0. The van der Waals surface area contributed by atoms with Gasteiger partial charge in [-0.2, -0.15) is 9.97 Å². The van der Waals surface area contributed by atoms with E-state index in [0.29, 0.717) is 43.5 Å². The maximum atomic E-state index is 12.6. The number of H-pyrrole nitrogens is 1. The van der Waals surface area contributed by atoms with Crippen LogP contribution in [0.4, 0.5) is 12.0 Å². The fourth-order valence-electron chi connectivity index (χ4n) is 3.38. The molecule has 0 saturated carbocycles. The molecule has 9 nitrogen and oxygen atoms in total. The Bertz CT molecular complexity index is 1060. The minimum atomic E-state index is -0.105. The van der Waals surface area contributed by atoms with Crippen LogP contribution in [0.5, 0.6) is 0 Å². The van der Waals surface area contributed by atoms with Crippen molar-refractivity contribution in [2.75, 3.05) is 23.3 Å². The van der Waals surface area contributed by atoms with Crippen molar-refractivity contribution in [1.29, 1.82) is 0 Å². The maximum Gasteiger partial charge on any atom is 0.298 e. The first-order chi connectivity index (χ1) is 13.8. The lowest BCUT2D eigenvalue weighted by Crippen LogP contribution is -2.38. The first-order valence-electron chi connectivity index (χ1n) is 9.14. The summed E-state index contributed by atoms with van der Waals surface area (Å²) in [5.74, 6) is 1.11. The normalized spacial score (nSPS) is 15.2. The Morgan fingerprint density at radius 2 is 2.00 bits per heavy atom. The molecule has 1 aromatic carbocycles. The molecule has 9 heteroatoms. The predicted octanol–water partition coefficient (Wildman–Crippen LogP) is 3.06. The third kappa shape index (κ3) is 3.11. The summed E-state index contributed by atoms with van der Waals surface area (Å²) in [6.45, 7) is 1.41. The molecule has 1 aliphatic rings. The van der Waals surface area contributed by atoms with Crippen LogP contribution < -0.4 is 10.2 Å². The second-order valence-electron chi connectivity index (χ2n) is 6.70. The molecule has 2 N–H and O–H groups in total. The van der Waals surface area contributed by atoms with E-state index in [1.807, 2.05) is 24.3 Å². The quantitative estimate of drug-likeness (QED) is 0.561. The van der Waals surface area contributed by atoms with Gasteiger partial charge in [0.15, 0.2) is 17.2 Å². The summed E-state index contributed by atoms with van der Waals surface area (Å²) in [7, 11) is 0. The summed E-state index contributed by atoms with van der Waals surface area (Å²) in [6, 6.07) is 11.8. The van der Waals surface area contributed by atoms with Gasteiger partial charge in [-0.1, -0.05) is 12.1 Å². The highest BCUT2D eigenvalue weighted by Crippen LogP contribution is 2.27. The molecular formula is C19H18N6O3. The number of aromatic nitrogens is 4. The Balaban J connectivity index is 1.20. The van der Waals surface area contributed by atoms with Gasteiger partial charge in [0.05, 0.1) is 6.26 Å². The van der Waals surface area contributed by atoms with Gasteiger partial charge in [-0.25, -0.2) is 0 Å². The molecule has 4 aromatic rings. The Kier molecular flexibility index (Phi) is 4.04. The smallest absolute Gasteiger partial charge is 0.298 e. The Hall–Kier alpha value is -3.62. The zero-order chi connectivity index (χ0) is 18.9. The van der Waals surface area contributed by atoms with E-state index in [-0.39, 0.29) is 17.8 Å². The van der Waals surface area contributed by atoms with Gasteiger partial charge in [-0.05, 0) is 37.1 Å². The second-order valence-corrected chi connectivity index (χ2v) is 6.70. The van der Waals surface area contributed by atoms with Crippen molar-refractivity contribution in [3.05, 3.63) is 42.7 Å². The molecule has 0 bridgehead atoms. The van der Waals surface area contributed by atoms with Gasteiger partial charge in [-0.15, -0.1) is 5.10 Å². The van der Waals surface area contributed by atoms with Gasteiger partial charge >= 0.3 is 0 Å². The molecular weight excluding hydrogens is 360 g/mol. The number of amides is 1. The number of benzene rings is 1. The van der Waals surface area contributed by atoms with Gasteiger partial charge < -0.3 is 13.7 Å². The lowest BCUT2D eigenvalue weighted by atomic mass is 9.96. The van der Waals surface area contributed by atoms with Crippen molar-refractivity contribution in [3.63, 3.8) is 0 Å². The maximum absolute atomic E-state index is 12.6. The summed E-state index contributed by atoms with van der Waals surface area (Å²) >= 11 is 0. The molecule has 1 aliphatic heterocycles. The third-order valence-electron chi connectivity index (χ3n) is 4.89. The topological polar surface area (TPSA) is 113 Å². The van der Waals surface area contributed by atoms with E-state index in [9.17, 15) is 4.79 Å². The number of rotatable bonds is 4. The third-order valence-corrected chi connectivity index (χ3v) is 4.89. The van der Waals surface area contributed by atoms with Gasteiger partial charge in [-0.3, -0.25) is 15.2 Å². The Morgan fingerprint density at radius 1 is 1.14 bits per heavy atom. The lowest BCUT2D eigenvalue weighted by Gasteiger charge is -2.29. The van der Waals surface area contributed by atoms with Crippen LogP contribution in [0, 0.1) is 5.92 Å². The number of hydrogen-bond donors (Lipinski definition) is 2. The lowest BCUT2D eigenvalue weighted by molar-refractivity contribution is -0.120. The highest BCUT2D eigenvalue weighted by Gasteiger charge is 2.28. The largest absolute Gasteiger partial charge is 0.461 e. The van der Waals surface area contributed by atoms with Crippen LogP contribution in [0.3, 0.4) is 0 Å². The van der Waals surface area contributed by atoms with Crippen LogP contribution in [0.15, 0.2) is 51.5 Å². The fraction of sp³-hybridized carbons (Fsp3) is 0.263. The van der Waals surface area contributed by atoms with Crippen molar-refractivity contribution in [2.45, 2.75) is 12.8 Å². The summed E-state index contributed by atoms with van der Waals surface area (Å²) in [4.78, 5) is 23.4. The number of nitrogens with one attached hydrogen (secondary N) is 2. The van der Waals surface area contributed by atoms with Crippen LogP contribution in [0.25, 0.3) is 22.7 Å². The zero-order valence-corrected chi connectivity index (χ0v) is 15.0. The monoisotopic (exact) mass is 378 g/mol. The number of fused-ring (bicyclic) bond motifs is 1. The van der Waals surface area contributed by atoms with E-state index >= 15 is 0 Å². The molecule has 5 rings (SSSR count). The SMILES string of the molecule is O=C(Nc1n[nH]c(-c2ccco2)n1)C1CCN(c2nc3ccccc3o2)CC1. The molecule has 1 amide bonds. The minimum absolute atomic E-state index is 0.0813. The number of carbonyl (C=O) groups is 1. The molecule has 0 spiro atoms. The van der Waals surface area contributed by atoms with E-state index in [4.69, 9.17) is 8.83 Å². The molecule has 0 radical (unpaired) electrons. The molecule has 4 heterocycles. The molecule has 28 heavy (non-hydrogen) atoms. The van der Waals surface area contributed by atoms with Gasteiger partial charge in [0.25, 0.3) is 6.01 Å². The number of para-hydroxylation sites is 2. The van der Waals surface area contributed by atoms with Gasteiger partial charge in [0.1, 0.15) is 5.52 Å². The van der Waals surface area contributed by atoms with Crippen LogP contribution in [0.1, 0.15) is 12.8 Å². The number of nitrogens with zero attached hydrogens (tertiary/aromatic N) is 4. The van der Waals surface area contributed by atoms with E-state index in [1.165, 1.54) is 0 Å². The number of carbonyl (C=O) groups excluding carboxylic acids is 1. The van der Waals surface area contributed by atoms with Crippen LogP contribution >= 0.6 is 0 Å². The molecule has 3 aromatic heterocycles. The molecule has 1 saturated heterocycles. The van der Waals surface area contributed by atoms with E-state index in [1.54, 1.807) is 18.4 Å². The van der Waals surface area contributed by atoms with E-state index in [0.717, 1.165) is 11.1 Å². The summed E-state index contributed by atoms with van der Waals surface area (Å²) in [5.41, 5.74) is 1.61. The number of oxazole rings is 1. The number of furan rings is 1. The van der Waals surface area contributed by atoms with Crippen molar-refractivity contribution < 1.29 is 13.6 Å². The number of piperidine rings is 1. The Morgan fingerprint density at radius 3 is 2.79 bits per heavy atom. The number of anilines is 2. The highest BCUT2D eigenvalue weighted by molar-refractivity contribution is 5.91. The van der Waals surface area contributed by atoms with E-state index in [2.05, 4.69) is 30.4 Å². The summed E-state index contributed by atoms with van der Waals surface area (Å²) in [5, 5.41) is 9.57.